The van der Waals surface area contributed by atoms with Crippen LogP contribution in [-0.4, -0.2) is 46.0 Å². The Morgan fingerprint density at radius 3 is 2.81 bits per heavy atom. The number of carbonyl (C=O) groups is 2. The van der Waals surface area contributed by atoms with E-state index >= 15 is 0 Å². The number of aliphatic carboxylic acids is 1. The molecular formula is C15H21NO4S. The summed E-state index contributed by atoms with van der Waals surface area (Å²) in [5, 5.41) is 9.00. The highest BCUT2D eigenvalue weighted by molar-refractivity contribution is 7.99. The SMILES string of the molecule is Cc1oc(C(C)C)cc1C(=O)N1CCSCC1CC(=O)O. The third-order valence-corrected chi connectivity index (χ3v) is 4.73. The number of carboxylic acids is 1. The van der Waals surface area contributed by atoms with Crippen molar-refractivity contribution in [1.29, 1.82) is 0 Å². The van der Waals surface area contributed by atoms with Crippen LogP contribution in [0, 0.1) is 6.92 Å². The third kappa shape index (κ3) is 3.61. The quantitative estimate of drug-likeness (QED) is 0.926. The summed E-state index contributed by atoms with van der Waals surface area (Å²) in [4.78, 5) is 25.4. The van der Waals surface area contributed by atoms with Gasteiger partial charge in [-0.05, 0) is 13.0 Å². The predicted octanol–water partition coefficient (Wildman–Crippen LogP) is 2.74. The number of rotatable bonds is 4. The first-order valence-electron chi connectivity index (χ1n) is 7.11. The average molecular weight is 311 g/mol. The van der Waals surface area contributed by atoms with Crippen LogP contribution in [0.3, 0.4) is 0 Å². The zero-order valence-electron chi connectivity index (χ0n) is 12.6. The van der Waals surface area contributed by atoms with Gasteiger partial charge in [-0.3, -0.25) is 9.59 Å². The molecule has 5 nitrogen and oxygen atoms in total. The molecule has 1 saturated heterocycles. The molecule has 116 valence electrons. The number of thioether (sulfide) groups is 1. The summed E-state index contributed by atoms with van der Waals surface area (Å²) >= 11 is 1.69. The number of hydrogen-bond donors (Lipinski definition) is 1. The van der Waals surface area contributed by atoms with Crippen molar-refractivity contribution in [2.45, 2.75) is 39.2 Å². The van der Waals surface area contributed by atoms with Gasteiger partial charge in [-0.25, -0.2) is 0 Å². The van der Waals surface area contributed by atoms with Gasteiger partial charge in [-0.1, -0.05) is 13.8 Å². The Balaban J connectivity index is 2.22. The molecule has 0 saturated carbocycles. The van der Waals surface area contributed by atoms with Crippen LogP contribution in [0.25, 0.3) is 0 Å². The normalized spacial score (nSPS) is 19.0. The van der Waals surface area contributed by atoms with E-state index in [-0.39, 0.29) is 24.3 Å². The fraction of sp³-hybridized carbons (Fsp3) is 0.600. The third-order valence-electron chi connectivity index (χ3n) is 3.63. The lowest BCUT2D eigenvalue weighted by Gasteiger charge is -2.34. The number of carbonyl (C=O) groups excluding carboxylic acids is 1. The number of hydrogen-bond acceptors (Lipinski definition) is 4. The van der Waals surface area contributed by atoms with E-state index in [0.717, 1.165) is 11.5 Å². The van der Waals surface area contributed by atoms with Gasteiger partial charge in [-0.15, -0.1) is 0 Å². The molecule has 0 aliphatic carbocycles. The van der Waals surface area contributed by atoms with Gasteiger partial charge in [0, 0.05) is 24.0 Å². The van der Waals surface area contributed by atoms with Crippen LogP contribution in [-0.2, 0) is 4.79 Å². The second-order valence-corrected chi connectivity index (χ2v) is 6.75. The Bertz CT molecular complexity index is 538. The highest BCUT2D eigenvalue weighted by Crippen LogP contribution is 2.26. The summed E-state index contributed by atoms with van der Waals surface area (Å²) in [5.41, 5.74) is 0.556. The lowest BCUT2D eigenvalue weighted by Crippen LogP contribution is -2.47. The minimum atomic E-state index is -0.868. The smallest absolute Gasteiger partial charge is 0.305 e. The molecule has 1 atom stereocenters. The molecule has 1 unspecified atom stereocenters. The molecule has 6 heteroatoms. The number of furan rings is 1. The topological polar surface area (TPSA) is 70.8 Å². The van der Waals surface area contributed by atoms with Crippen molar-refractivity contribution in [2.24, 2.45) is 0 Å². The first-order valence-corrected chi connectivity index (χ1v) is 8.26. The lowest BCUT2D eigenvalue weighted by molar-refractivity contribution is -0.138. The fourth-order valence-corrected chi connectivity index (χ4v) is 3.51. The molecule has 0 radical (unpaired) electrons. The Morgan fingerprint density at radius 1 is 1.52 bits per heavy atom. The average Bonchev–Trinajstić information content (AvgIpc) is 2.80. The molecule has 1 aliphatic rings. The molecule has 2 heterocycles. The zero-order chi connectivity index (χ0) is 15.6. The number of carboxylic acid groups (broad SMARTS) is 1. The van der Waals surface area contributed by atoms with E-state index in [1.54, 1.807) is 29.7 Å². The van der Waals surface area contributed by atoms with E-state index in [9.17, 15) is 9.59 Å². The van der Waals surface area contributed by atoms with Crippen molar-refractivity contribution in [2.75, 3.05) is 18.1 Å². The maximum absolute atomic E-state index is 12.7. The molecule has 1 aliphatic heterocycles. The molecule has 1 aromatic heterocycles. The summed E-state index contributed by atoms with van der Waals surface area (Å²) < 4.78 is 5.64. The van der Waals surface area contributed by atoms with E-state index in [4.69, 9.17) is 9.52 Å². The predicted molar refractivity (Wildman–Crippen MR) is 81.9 cm³/mol. The van der Waals surface area contributed by atoms with Crippen LogP contribution >= 0.6 is 11.8 Å². The van der Waals surface area contributed by atoms with Crippen LogP contribution in [0.15, 0.2) is 10.5 Å². The highest BCUT2D eigenvalue weighted by atomic mass is 32.2. The molecule has 1 N–H and O–H groups in total. The van der Waals surface area contributed by atoms with Gasteiger partial charge in [0.05, 0.1) is 18.0 Å². The Hall–Kier alpha value is -1.43. The van der Waals surface area contributed by atoms with Crippen molar-refractivity contribution >= 4 is 23.6 Å². The van der Waals surface area contributed by atoms with Crippen LogP contribution in [0.1, 0.15) is 48.1 Å². The molecule has 1 aromatic rings. The van der Waals surface area contributed by atoms with E-state index in [2.05, 4.69) is 0 Å². The van der Waals surface area contributed by atoms with Crippen LogP contribution in [0.2, 0.25) is 0 Å². The van der Waals surface area contributed by atoms with Crippen LogP contribution in [0.4, 0.5) is 0 Å². The molecule has 0 spiro atoms. The summed E-state index contributed by atoms with van der Waals surface area (Å²) in [6, 6.07) is 1.55. The highest BCUT2D eigenvalue weighted by Gasteiger charge is 2.31. The standard InChI is InChI=1S/C15H21NO4S/c1-9(2)13-7-12(10(3)20-13)15(19)16-4-5-21-8-11(16)6-14(17)18/h7,9,11H,4-6,8H2,1-3H3,(H,17,18). The minimum absolute atomic E-state index is 0.00727. The van der Waals surface area contributed by atoms with Crippen molar-refractivity contribution in [3.63, 3.8) is 0 Å². The molecule has 1 fully saturated rings. The molecule has 21 heavy (non-hydrogen) atoms. The second kappa shape index (κ2) is 6.56. The second-order valence-electron chi connectivity index (χ2n) is 5.60. The first kappa shape index (κ1) is 15.9. The van der Waals surface area contributed by atoms with E-state index < -0.39 is 5.97 Å². The summed E-state index contributed by atoms with van der Waals surface area (Å²) in [6.07, 6.45) is -0.00727. The van der Waals surface area contributed by atoms with Gasteiger partial charge in [-0.2, -0.15) is 11.8 Å². The minimum Gasteiger partial charge on any atom is -0.481 e. The Kier molecular flexibility index (Phi) is 4.98. The molecule has 2 rings (SSSR count). The largest absolute Gasteiger partial charge is 0.481 e. The summed E-state index contributed by atoms with van der Waals surface area (Å²) in [6.45, 7) is 6.39. The van der Waals surface area contributed by atoms with E-state index in [0.29, 0.717) is 23.6 Å². The number of amides is 1. The zero-order valence-corrected chi connectivity index (χ0v) is 13.4. The van der Waals surface area contributed by atoms with Gasteiger partial charge < -0.3 is 14.4 Å². The lowest BCUT2D eigenvalue weighted by atomic mass is 10.1. The van der Waals surface area contributed by atoms with Gasteiger partial charge in [0.1, 0.15) is 11.5 Å². The van der Waals surface area contributed by atoms with Crippen molar-refractivity contribution in [1.82, 2.24) is 4.90 Å². The van der Waals surface area contributed by atoms with Gasteiger partial charge in [0.25, 0.3) is 5.91 Å². The monoisotopic (exact) mass is 311 g/mol. The van der Waals surface area contributed by atoms with Crippen LogP contribution in [0.5, 0.6) is 0 Å². The van der Waals surface area contributed by atoms with E-state index in [1.807, 2.05) is 13.8 Å². The Labute approximate surface area is 128 Å². The number of nitrogens with zero attached hydrogens (tertiary/aromatic N) is 1. The maximum atomic E-state index is 12.7. The van der Waals surface area contributed by atoms with E-state index in [1.165, 1.54) is 0 Å². The molecular weight excluding hydrogens is 290 g/mol. The number of aryl methyl sites for hydroxylation is 1. The van der Waals surface area contributed by atoms with Crippen molar-refractivity contribution in [3.05, 3.63) is 23.2 Å². The van der Waals surface area contributed by atoms with Gasteiger partial charge in [0.2, 0.25) is 0 Å². The first-order chi connectivity index (χ1) is 9.90. The van der Waals surface area contributed by atoms with Crippen molar-refractivity contribution in [3.8, 4) is 0 Å². The molecule has 0 aromatic carbocycles. The fourth-order valence-electron chi connectivity index (χ4n) is 2.45. The molecule has 0 bridgehead atoms. The maximum Gasteiger partial charge on any atom is 0.305 e. The summed E-state index contributed by atoms with van der Waals surface area (Å²) in [5.74, 6) is 2.15. The van der Waals surface area contributed by atoms with Crippen LogP contribution < -0.4 is 0 Å². The molecule has 1 amide bonds. The van der Waals surface area contributed by atoms with Gasteiger partial charge >= 0.3 is 5.97 Å². The van der Waals surface area contributed by atoms with Crippen molar-refractivity contribution < 1.29 is 19.1 Å². The van der Waals surface area contributed by atoms with Gasteiger partial charge in [0.15, 0.2) is 0 Å². The Morgan fingerprint density at radius 2 is 2.24 bits per heavy atom. The summed E-state index contributed by atoms with van der Waals surface area (Å²) in [7, 11) is 0.